The molecule has 0 aliphatic carbocycles. The van der Waals surface area contributed by atoms with Gasteiger partial charge >= 0.3 is 0 Å². The zero-order valence-electron chi connectivity index (χ0n) is 14.1. The summed E-state index contributed by atoms with van der Waals surface area (Å²) in [5.41, 5.74) is 0.787. The quantitative estimate of drug-likeness (QED) is 0.909. The highest BCUT2D eigenvalue weighted by molar-refractivity contribution is 5.86. The summed E-state index contributed by atoms with van der Waals surface area (Å²) in [6, 6.07) is 10.9. The van der Waals surface area contributed by atoms with Gasteiger partial charge in [-0.15, -0.1) is 0 Å². The number of hydrogen-bond acceptors (Lipinski definition) is 3. The van der Waals surface area contributed by atoms with Crippen molar-refractivity contribution < 1.29 is 23.1 Å². The molecule has 1 heterocycles. The van der Waals surface area contributed by atoms with Crippen LogP contribution in [0, 0.1) is 11.6 Å². The van der Waals surface area contributed by atoms with Crippen LogP contribution in [0.5, 0.6) is 0 Å². The van der Waals surface area contributed by atoms with Crippen LogP contribution in [0.3, 0.4) is 0 Å². The maximum absolute atomic E-state index is 14.2. The standard InChI is InChI=1S/C19H18F2N2O3/c1-23-16(24)11-26-18(17(23)14-7-2-3-8-15(14)21)19(25)22-10-12-5-4-6-13(20)9-12/h2-9,17-18H,10-11H2,1H3,(H,22,25). The van der Waals surface area contributed by atoms with Gasteiger partial charge in [0.1, 0.15) is 18.2 Å². The molecule has 136 valence electrons. The number of nitrogens with zero attached hydrogens (tertiary/aromatic N) is 1. The van der Waals surface area contributed by atoms with E-state index in [4.69, 9.17) is 4.74 Å². The summed E-state index contributed by atoms with van der Waals surface area (Å²) < 4.78 is 32.9. The Balaban J connectivity index is 1.80. The van der Waals surface area contributed by atoms with E-state index in [0.717, 1.165) is 0 Å². The van der Waals surface area contributed by atoms with Crippen LogP contribution >= 0.6 is 0 Å². The molecule has 1 saturated heterocycles. The predicted octanol–water partition coefficient (Wildman–Crippen LogP) is 2.18. The fraction of sp³-hybridized carbons (Fsp3) is 0.263. The summed E-state index contributed by atoms with van der Waals surface area (Å²) in [5.74, 6) is -1.76. The van der Waals surface area contributed by atoms with Crippen molar-refractivity contribution in [3.63, 3.8) is 0 Å². The largest absolute Gasteiger partial charge is 0.356 e. The number of carbonyl (C=O) groups excluding carboxylic acids is 2. The molecule has 7 heteroatoms. The summed E-state index contributed by atoms with van der Waals surface area (Å²) in [4.78, 5) is 25.9. The van der Waals surface area contributed by atoms with Gasteiger partial charge in [0, 0.05) is 19.2 Å². The van der Waals surface area contributed by atoms with Crippen molar-refractivity contribution in [2.75, 3.05) is 13.7 Å². The number of morpholine rings is 1. The Morgan fingerprint density at radius 1 is 1.23 bits per heavy atom. The van der Waals surface area contributed by atoms with Crippen LogP contribution in [0.1, 0.15) is 17.2 Å². The minimum Gasteiger partial charge on any atom is -0.356 e. The average Bonchev–Trinajstić information content (AvgIpc) is 2.63. The third-order valence-corrected chi connectivity index (χ3v) is 4.32. The highest BCUT2D eigenvalue weighted by Crippen LogP contribution is 2.30. The summed E-state index contributed by atoms with van der Waals surface area (Å²) in [7, 11) is 1.51. The van der Waals surface area contributed by atoms with Gasteiger partial charge in [-0.3, -0.25) is 9.59 Å². The van der Waals surface area contributed by atoms with Crippen LogP contribution in [0.25, 0.3) is 0 Å². The Morgan fingerprint density at radius 3 is 2.73 bits per heavy atom. The lowest BCUT2D eigenvalue weighted by molar-refractivity contribution is -0.162. The first-order chi connectivity index (χ1) is 12.5. The molecule has 2 aromatic rings. The maximum Gasteiger partial charge on any atom is 0.251 e. The third-order valence-electron chi connectivity index (χ3n) is 4.32. The number of carbonyl (C=O) groups is 2. The maximum atomic E-state index is 14.2. The molecule has 0 bridgehead atoms. The smallest absolute Gasteiger partial charge is 0.251 e. The third kappa shape index (κ3) is 3.72. The fourth-order valence-corrected chi connectivity index (χ4v) is 2.95. The zero-order chi connectivity index (χ0) is 18.7. The van der Waals surface area contributed by atoms with Crippen LogP contribution in [0.4, 0.5) is 8.78 Å². The van der Waals surface area contributed by atoms with Gasteiger partial charge in [0.25, 0.3) is 5.91 Å². The second kappa shape index (κ2) is 7.61. The first-order valence-corrected chi connectivity index (χ1v) is 8.11. The van der Waals surface area contributed by atoms with Gasteiger partial charge in [-0.2, -0.15) is 0 Å². The predicted molar refractivity (Wildman–Crippen MR) is 89.9 cm³/mol. The number of amides is 2. The van der Waals surface area contributed by atoms with Gasteiger partial charge in [0.15, 0.2) is 6.10 Å². The lowest BCUT2D eigenvalue weighted by atomic mass is 9.97. The molecule has 2 amide bonds. The first-order valence-electron chi connectivity index (χ1n) is 8.11. The monoisotopic (exact) mass is 360 g/mol. The molecule has 5 nitrogen and oxygen atoms in total. The van der Waals surface area contributed by atoms with Crippen molar-refractivity contribution in [2.45, 2.75) is 18.7 Å². The molecule has 2 atom stereocenters. The van der Waals surface area contributed by atoms with Crippen molar-refractivity contribution >= 4 is 11.8 Å². The molecule has 0 saturated carbocycles. The van der Waals surface area contributed by atoms with Crippen molar-refractivity contribution in [1.82, 2.24) is 10.2 Å². The highest BCUT2D eigenvalue weighted by atomic mass is 19.1. The van der Waals surface area contributed by atoms with Crippen LogP contribution < -0.4 is 5.32 Å². The van der Waals surface area contributed by atoms with E-state index in [-0.39, 0.29) is 24.6 Å². The summed E-state index contributed by atoms with van der Waals surface area (Å²) in [5, 5.41) is 2.66. The lowest BCUT2D eigenvalue weighted by Crippen LogP contribution is -2.53. The number of rotatable bonds is 4. The lowest BCUT2D eigenvalue weighted by Gasteiger charge is -2.38. The molecule has 1 fully saturated rings. The van der Waals surface area contributed by atoms with Gasteiger partial charge in [-0.25, -0.2) is 8.78 Å². The van der Waals surface area contributed by atoms with Crippen molar-refractivity contribution in [3.05, 3.63) is 71.3 Å². The van der Waals surface area contributed by atoms with E-state index in [1.807, 2.05) is 0 Å². The molecule has 0 radical (unpaired) electrons. The number of benzene rings is 2. The average molecular weight is 360 g/mol. The molecule has 0 spiro atoms. The van der Waals surface area contributed by atoms with Crippen LogP contribution in [0.2, 0.25) is 0 Å². The molecule has 3 rings (SSSR count). The molecular weight excluding hydrogens is 342 g/mol. The Hall–Kier alpha value is -2.80. The second-order valence-electron chi connectivity index (χ2n) is 6.05. The molecule has 1 N–H and O–H groups in total. The van der Waals surface area contributed by atoms with E-state index < -0.39 is 29.7 Å². The van der Waals surface area contributed by atoms with Crippen molar-refractivity contribution in [2.24, 2.45) is 0 Å². The number of likely N-dealkylation sites (N-methyl/N-ethyl adjacent to an activating group) is 1. The van der Waals surface area contributed by atoms with Gasteiger partial charge in [-0.1, -0.05) is 30.3 Å². The molecule has 2 unspecified atom stereocenters. The van der Waals surface area contributed by atoms with E-state index in [1.165, 1.54) is 42.3 Å². The topological polar surface area (TPSA) is 58.6 Å². The molecule has 2 aromatic carbocycles. The van der Waals surface area contributed by atoms with Gasteiger partial charge in [0.2, 0.25) is 5.91 Å². The first kappa shape index (κ1) is 18.0. The van der Waals surface area contributed by atoms with E-state index in [9.17, 15) is 18.4 Å². The number of ether oxygens (including phenoxy) is 1. The fourth-order valence-electron chi connectivity index (χ4n) is 2.95. The minimum atomic E-state index is -1.07. The second-order valence-corrected chi connectivity index (χ2v) is 6.05. The Bertz CT molecular complexity index is 828. The Labute approximate surface area is 149 Å². The summed E-state index contributed by atoms with van der Waals surface area (Å²) in [6.45, 7) is -0.169. The van der Waals surface area contributed by atoms with Crippen LogP contribution in [0.15, 0.2) is 48.5 Å². The number of hydrogen-bond donors (Lipinski definition) is 1. The normalized spacial score (nSPS) is 20.1. The van der Waals surface area contributed by atoms with E-state index in [2.05, 4.69) is 5.32 Å². The Kier molecular flexibility index (Phi) is 5.27. The van der Waals surface area contributed by atoms with E-state index in [0.29, 0.717) is 5.56 Å². The molecule has 0 aromatic heterocycles. The van der Waals surface area contributed by atoms with Crippen LogP contribution in [-0.2, 0) is 20.9 Å². The zero-order valence-corrected chi connectivity index (χ0v) is 14.1. The summed E-state index contributed by atoms with van der Waals surface area (Å²) in [6.07, 6.45) is -1.07. The molecule has 1 aliphatic rings. The minimum absolute atomic E-state index is 0.0953. The van der Waals surface area contributed by atoms with Gasteiger partial charge in [0.05, 0.1) is 6.04 Å². The Morgan fingerprint density at radius 2 is 2.00 bits per heavy atom. The number of nitrogens with one attached hydrogen (secondary N) is 1. The van der Waals surface area contributed by atoms with E-state index >= 15 is 0 Å². The SMILES string of the molecule is CN1C(=O)COC(C(=O)NCc2cccc(F)c2)C1c1ccccc1F. The highest BCUT2D eigenvalue weighted by Gasteiger charge is 2.41. The molecule has 1 aliphatic heterocycles. The summed E-state index contributed by atoms with van der Waals surface area (Å²) >= 11 is 0. The van der Waals surface area contributed by atoms with Crippen LogP contribution in [-0.4, -0.2) is 36.5 Å². The molecular formula is C19H18F2N2O3. The van der Waals surface area contributed by atoms with Crippen molar-refractivity contribution in [3.8, 4) is 0 Å². The molecule has 26 heavy (non-hydrogen) atoms. The van der Waals surface area contributed by atoms with Gasteiger partial charge < -0.3 is 15.0 Å². The van der Waals surface area contributed by atoms with Crippen molar-refractivity contribution in [1.29, 1.82) is 0 Å². The van der Waals surface area contributed by atoms with Gasteiger partial charge in [-0.05, 0) is 23.8 Å². The van der Waals surface area contributed by atoms with E-state index in [1.54, 1.807) is 18.2 Å². The number of halogens is 2.